The van der Waals surface area contributed by atoms with Gasteiger partial charge in [-0.2, -0.15) is 8.57 Å². The van der Waals surface area contributed by atoms with E-state index < -0.39 is 0 Å². The lowest BCUT2D eigenvalue weighted by Crippen LogP contribution is -1.73. The summed E-state index contributed by atoms with van der Waals surface area (Å²) in [5.74, 6) is 0.0615. The highest BCUT2D eigenvalue weighted by atomic mass is 32.1. The molecule has 3 nitrogen and oxygen atoms in total. The minimum Gasteiger partial charge on any atom is -0.505 e. The van der Waals surface area contributed by atoms with Crippen LogP contribution in [-0.2, 0) is 11.5 Å². The second-order valence-corrected chi connectivity index (χ2v) is 3.15. The summed E-state index contributed by atoms with van der Waals surface area (Å²) >= 11 is 0.0924. The van der Waals surface area contributed by atoms with Crippen LogP contribution in [-0.4, -0.2) is 9.32 Å². The predicted octanol–water partition coefficient (Wildman–Crippen LogP) is 2.57. The largest absolute Gasteiger partial charge is 0.505 e. The molecule has 0 atom stereocenters. The van der Waals surface area contributed by atoms with Crippen LogP contribution in [0.3, 0.4) is 0 Å². The van der Waals surface area contributed by atoms with Crippen molar-refractivity contribution in [2.75, 3.05) is 0 Å². The molecule has 0 heterocycles. The number of nitrogens with zero attached hydrogens (tertiary/aromatic N) is 1. The second kappa shape index (κ2) is 3.59. The Kier molecular flexibility index (Phi) is 2.28. The third-order valence-corrected chi connectivity index (χ3v) is 2.29. The number of hydrogen-bond donors (Lipinski definition) is 1. The first kappa shape index (κ1) is 8.90. The van der Waals surface area contributed by atoms with Crippen molar-refractivity contribution < 1.29 is 9.32 Å². The molecule has 0 fully saturated rings. The molecule has 0 saturated carbocycles. The minimum absolute atomic E-state index is 0.0615. The first-order chi connectivity index (χ1) is 6.83. The van der Waals surface area contributed by atoms with Gasteiger partial charge in [-0.3, -0.25) is 0 Å². The van der Waals surface area contributed by atoms with Crippen LogP contribution in [0, 0.1) is 0 Å². The molecular formula is C10H7NO2S. The summed E-state index contributed by atoms with van der Waals surface area (Å²) in [5, 5.41) is 11.4. The number of hydrogen-bond acceptors (Lipinski definition) is 3. The number of aromatic hydroxyl groups is 1. The van der Waals surface area contributed by atoms with Crippen molar-refractivity contribution in [3.63, 3.8) is 0 Å². The van der Waals surface area contributed by atoms with Crippen LogP contribution in [0.25, 0.3) is 10.8 Å². The lowest BCUT2D eigenvalue weighted by atomic mass is 10.1. The van der Waals surface area contributed by atoms with E-state index in [9.17, 15) is 9.32 Å². The lowest BCUT2D eigenvalue weighted by Gasteiger charge is -2.01. The van der Waals surface area contributed by atoms with Crippen molar-refractivity contribution in [2.24, 2.45) is 4.36 Å². The Labute approximate surface area is 84.2 Å². The standard InChI is InChI=1S/C10H7NO2S/c12-10-8-4-2-1-3-7(8)5-6-9(10)11-14-13/h1-6,12H. The van der Waals surface area contributed by atoms with Crippen molar-refractivity contribution in [3.05, 3.63) is 36.4 Å². The summed E-state index contributed by atoms with van der Waals surface area (Å²) in [7, 11) is 0. The van der Waals surface area contributed by atoms with Crippen molar-refractivity contribution in [3.8, 4) is 5.75 Å². The fourth-order valence-corrected chi connectivity index (χ4v) is 1.59. The summed E-state index contributed by atoms with van der Waals surface area (Å²) < 4.78 is 13.8. The zero-order valence-corrected chi connectivity index (χ0v) is 7.99. The van der Waals surface area contributed by atoms with E-state index in [0.29, 0.717) is 11.1 Å². The molecule has 4 heteroatoms. The Morgan fingerprint density at radius 1 is 1.14 bits per heavy atom. The molecule has 0 aliphatic rings. The van der Waals surface area contributed by atoms with Gasteiger partial charge in [-0.05, 0) is 11.5 Å². The van der Waals surface area contributed by atoms with E-state index in [-0.39, 0.29) is 17.2 Å². The van der Waals surface area contributed by atoms with E-state index in [1.807, 2.05) is 24.3 Å². The monoisotopic (exact) mass is 205 g/mol. The Morgan fingerprint density at radius 3 is 2.71 bits per heavy atom. The summed E-state index contributed by atoms with van der Waals surface area (Å²) in [4.78, 5) is 0. The maximum atomic E-state index is 10.2. The van der Waals surface area contributed by atoms with E-state index >= 15 is 0 Å². The van der Waals surface area contributed by atoms with E-state index in [2.05, 4.69) is 4.36 Å². The summed E-state index contributed by atoms with van der Waals surface area (Å²) in [6, 6.07) is 10.9. The molecule has 1 N–H and O–H groups in total. The predicted molar refractivity (Wildman–Crippen MR) is 55.8 cm³/mol. The van der Waals surface area contributed by atoms with Crippen molar-refractivity contribution in [1.29, 1.82) is 0 Å². The zero-order valence-electron chi connectivity index (χ0n) is 7.18. The molecular weight excluding hydrogens is 198 g/mol. The van der Waals surface area contributed by atoms with Crippen molar-refractivity contribution >= 4 is 27.9 Å². The quantitative estimate of drug-likeness (QED) is 0.777. The topological polar surface area (TPSA) is 49.7 Å². The number of phenolic OH excluding ortho intramolecular Hbond substituents is 1. The lowest BCUT2D eigenvalue weighted by molar-refractivity contribution is 0.483. The van der Waals surface area contributed by atoms with Crippen LogP contribution in [0.5, 0.6) is 5.75 Å². The van der Waals surface area contributed by atoms with Gasteiger partial charge in [0.15, 0.2) is 0 Å². The van der Waals surface area contributed by atoms with Gasteiger partial charge in [0.25, 0.3) is 0 Å². The van der Waals surface area contributed by atoms with Gasteiger partial charge in [-0.15, -0.1) is 0 Å². The Balaban J connectivity index is 2.81. The van der Waals surface area contributed by atoms with Gasteiger partial charge in [0.1, 0.15) is 11.4 Å². The highest BCUT2D eigenvalue weighted by Crippen LogP contribution is 2.33. The van der Waals surface area contributed by atoms with Crippen LogP contribution in [0.1, 0.15) is 0 Å². The molecule has 0 aliphatic carbocycles. The molecule has 0 bridgehead atoms. The maximum absolute atomic E-state index is 10.2. The van der Waals surface area contributed by atoms with Gasteiger partial charge in [0, 0.05) is 5.39 Å². The minimum atomic E-state index is 0.0615. The van der Waals surface area contributed by atoms with Gasteiger partial charge in [0.2, 0.25) is 11.5 Å². The van der Waals surface area contributed by atoms with Crippen LogP contribution in [0.2, 0.25) is 0 Å². The molecule has 2 aromatic rings. The molecule has 2 aromatic carbocycles. The molecule has 0 unspecified atom stereocenters. The van der Waals surface area contributed by atoms with Gasteiger partial charge >= 0.3 is 0 Å². The van der Waals surface area contributed by atoms with Crippen molar-refractivity contribution in [2.45, 2.75) is 0 Å². The summed E-state index contributed by atoms with van der Waals surface area (Å²) in [6.45, 7) is 0. The molecule has 14 heavy (non-hydrogen) atoms. The SMILES string of the molecule is O=S=Nc1ccc2ccccc2c1O. The third kappa shape index (κ3) is 1.40. The van der Waals surface area contributed by atoms with E-state index in [0.717, 1.165) is 5.39 Å². The van der Waals surface area contributed by atoms with Crippen LogP contribution < -0.4 is 0 Å². The molecule has 0 aliphatic heterocycles. The maximum Gasteiger partial charge on any atom is 0.205 e. The smallest absolute Gasteiger partial charge is 0.205 e. The van der Waals surface area contributed by atoms with Gasteiger partial charge in [-0.1, -0.05) is 30.3 Å². The van der Waals surface area contributed by atoms with Crippen LogP contribution in [0.4, 0.5) is 5.69 Å². The zero-order chi connectivity index (χ0) is 9.97. The van der Waals surface area contributed by atoms with E-state index in [1.165, 1.54) is 0 Å². The molecule has 0 amide bonds. The Bertz CT molecular complexity index is 533. The first-order valence-corrected chi connectivity index (χ1v) is 4.73. The molecule has 70 valence electrons. The molecule has 2 rings (SSSR count). The molecule has 0 spiro atoms. The highest BCUT2D eigenvalue weighted by molar-refractivity contribution is 7.54. The van der Waals surface area contributed by atoms with Crippen LogP contribution >= 0.6 is 0 Å². The average molecular weight is 205 g/mol. The normalized spacial score (nSPS) is 10.0. The average Bonchev–Trinajstić information content (AvgIpc) is 2.23. The Hall–Kier alpha value is -1.68. The van der Waals surface area contributed by atoms with Crippen LogP contribution in [0.15, 0.2) is 40.8 Å². The second-order valence-electron chi connectivity index (χ2n) is 2.82. The highest BCUT2D eigenvalue weighted by Gasteiger charge is 2.03. The van der Waals surface area contributed by atoms with E-state index in [1.54, 1.807) is 12.1 Å². The molecule has 0 radical (unpaired) electrons. The van der Waals surface area contributed by atoms with Crippen molar-refractivity contribution in [1.82, 2.24) is 0 Å². The summed E-state index contributed by atoms with van der Waals surface area (Å²) in [6.07, 6.45) is 0. The van der Waals surface area contributed by atoms with Gasteiger partial charge in [-0.25, -0.2) is 0 Å². The number of rotatable bonds is 1. The van der Waals surface area contributed by atoms with Gasteiger partial charge < -0.3 is 5.11 Å². The van der Waals surface area contributed by atoms with E-state index in [4.69, 9.17) is 0 Å². The fourth-order valence-electron chi connectivity index (χ4n) is 1.36. The Morgan fingerprint density at radius 2 is 1.93 bits per heavy atom. The first-order valence-electron chi connectivity index (χ1n) is 4.03. The fraction of sp³-hybridized carbons (Fsp3) is 0. The number of benzene rings is 2. The number of fused-ring (bicyclic) bond motifs is 1. The third-order valence-electron chi connectivity index (χ3n) is 2.01. The van der Waals surface area contributed by atoms with Gasteiger partial charge in [0.05, 0.1) is 0 Å². The molecule has 0 saturated heterocycles. The number of phenols is 1. The summed E-state index contributed by atoms with van der Waals surface area (Å²) in [5.41, 5.74) is 0.323. The molecule has 0 aromatic heterocycles.